The predicted octanol–water partition coefficient (Wildman–Crippen LogP) is 3.18. The molecule has 2 atom stereocenters. The topological polar surface area (TPSA) is 165 Å². The molecule has 2 aromatic heterocycles. The van der Waals surface area contributed by atoms with Gasteiger partial charge in [0.25, 0.3) is 5.89 Å². The molecule has 0 amide bonds. The number of piperazine rings is 1. The summed E-state index contributed by atoms with van der Waals surface area (Å²) in [4.78, 5) is 23.6. The minimum Gasteiger partial charge on any atom is -0.486 e. The highest BCUT2D eigenvalue weighted by molar-refractivity contribution is 5.92. The number of benzene rings is 2. The maximum Gasteiger partial charge on any atom is 0.292 e. The fourth-order valence-corrected chi connectivity index (χ4v) is 5.93. The summed E-state index contributed by atoms with van der Waals surface area (Å²) in [5.74, 6) is 1.44. The Bertz CT molecular complexity index is 1770. The molecule has 0 radical (unpaired) electrons. The summed E-state index contributed by atoms with van der Waals surface area (Å²) in [7, 11) is 0. The SMILES string of the molecule is Cc1noc(C(=N)N2CC[C@H](Oc3ccc(-c4ncnc(Nc5ccc(N6CCN(C7COC7)CC6)cc5)n4)cc3C#N)[C@H](F)C2)n1. The molecule has 3 saturated heterocycles. The van der Waals surface area contributed by atoms with Crippen molar-refractivity contribution >= 4 is 23.2 Å². The number of anilines is 3. The number of nitrogens with zero attached hydrogens (tertiary/aromatic N) is 9. The third-order valence-electron chi connectivity index (χ3n) is 8.68. The van der Waals surface area contributed by atoms with Crippen LogP contribution in [-0.4, -0.2) is 112 Å². The second kappa shape index (κ2) is 13.3. The van der Waals surface area contributed by atoms with E-state index in [9.17, 15) is 5.26 Å². The lowest BCUT2D eigenvalue weighted by Gasteiger charge is -2.43. The van der Waals surface area contributed by atoms with Crippen molar-refractivity contribution < 1.29 is 18.4 Å². The minimum atomic E-state index is -1.40. The Morgan fingerprint density at radius 3 is 2.55 bits per heavy atom. The molecule has 0 aliphatic carbocycles. The lowest BCUT2D eigenvalue weighted by Crippen LogP contribution is -2.56. The van der Waals surface area contributed by atoms with E-state index in [0.29, 0.717) is 42.2 Å². The summed E-state index contributed by atoms with van der Waals surface area (Å²) in [6.45, 7) is 7.68. The number of hydrogen-bond acceptors (Lipinski definition) is 13. The van der Waals surface area contributed by atoms with E-state index in [4.69, 9.17) is 19.4 Å². The van der Waals surface area contributed by atoms with Gasteiger partial charge in [0.15, 0.2) is 23.7 Å². The Morgan fingerprint density at radius 1 is 1.06 bits per heavy atom. The molecule has 3 aliphatic rings. The van der Waals surface area contributed by atoms with Crippen LogP contribution in [0.4, 0.5) is 21.7 Å². The number of rotatable bonds is 8. The summed E-state index contributed by atoms with van der Waals surface area (Å²) in [5, 5.41) is 25.1. The highest BCUT2D eigenvalue weighted by Gasteiger charge is 2.34. The average Bonchev–Trinajstić information content (AvgIpc) is 3.51. The Morgan fingerprint density at radius 2 is 1.87 bits per heavy atom. The zero-order valence-electron chi connectivity index (χ0n) is 25.8. The van der Waals surface area contributed by atoms with Crippen LogP contribution in [0.1, 0.15) is 23.7 Å². The lowest BCUT2D eigenvalue weighted by molar-refractivity contribution is -0.0660. The maximum atomic E-state index is 15.2. The van der Waals surface area contributed by atoms with Crippen molar-refractivity contribution in [2.24, 2.45) is 0 Å². The molecule has 0 unspecified atom stereocenters. The molecule has 3 fully saturated rings. The first-order chi connectivity index (χ1) is 22.9. The van der Waals surface area contributed by atoms with Crippen molar-refractivity contribution in [2.45, 2.75) is 31.7 Å². The summed E-state index contributed by atoms with van der Waals surface area (Å²) in [6.07, 6.45) is -0.465. The molecule has 7 rings (SSSR count). The number of aromatic nitrogens is 5. The summed E-state index contributed by atoms with van der Waals surface area (Å²) < 4.78 is 31.5. The van der Waals surface area contributed by atoms with Crippen molar-refractivity contribution in [3.05, 3.63) is 66.1 Å². The summed E-state index contributed by atoms with van der Waals surface area (Å²) in [6, 6.07) is 15.9. The van der Waals surface area contributed by atoms with E-state index in [-0.39, 0.29) is 29.6 Å². The molecule has 15 heteroatoms. The van der Waals surface area contributed by atoms with E-state index in [2.05, 4.69) is 58.4 Å². The maximum absolute atomic E-state index is 15.2. The number of hydrogen-bond donors (Lipinski definition) is 2. The van der Waals surface area contributed by atoms with E-state index >= 15 is 4.39 Å². The van der Waals surface area contributed by atoms with E-state index in [0.717, 1.165) is 45.1 Å². The van der Waals surface area contributed by atoms with Gasteiger partial charge < -0.3 is 29.1 Å². The van der Waals surface area contributed by atoms with Gasteiger partial charge in [0.05, 0.1) is 31.4 Å². The number of piperidine rings is 1. The van der Waals surface area contributed by atoms with E-state index < -0.39 is 12.3 Å². The molecule has 14 nitrogen and oxygen atoms in total. The van der Waals surface area contributed by atoms with Crippen LogP contribution in [0.15, 0.2) is 53.3 Å². The van der Waals surface area contributed by atoms with Crippen LogP contribution < -0.4 is 15.0 Å². The van der Waals surface area contributed by atoms with Gasteiger partial charge in [-0.2, -0.15) is 15.2 Å². The molecule has 0 spiro atoms. The molecule has 3 aliphatic heterocycles. The van der Waals surface area contributed by atoms with Crippen LogP contribution in [0.3, 0.4) is 0 Å². The monoisotopic (exact) mass is 639 g/mol. The third kappa shape index (κ3) is 6.69. The zero-order valence-corrected chi connectivity index (χ0v) is 25.8. The first-order valence-corrected chi connectivity index (χ1v) is 15.6. The average molecular weight is 640 g/mol. The highest BCUT2D eigenvalue weighted by atomic mass is 19.1. The van der Waals surface area contributed by atoms with Crippen LogP contribution in [0.25, 0.3) is 11.4 Å². The van der Waals surface area contributed by atoms with Gasteiger partial charge in [-0.15, -0.1) is 0 Å². The van der Waals surface area contributed by atoms with Crippen molar-refractivity contribution in [3.8, 4) is 23.2 Å². The molecule has 2 aromatic carbocycles. The van der Waals surface area contributed by atoms with Crippen LogP contribution in [0, 0.1) is 23.7 Å². The number of ether oxygens (including phenoxy) is 2. The van der Waals surface area contributed by atoms with Crippen LogP contribution in [0.2, 0.25) is 0 Å². The number of nitrogens with one attached hydrogen (secondary N) is 2. The number of nitriles is 1. The zero-order chi connectivity index (χ0) is 32.3. The van der Waals surface area contributed by atoms with Crippen LogP contribution in [0.5, 0.6) is 5.75 Å². The quantitative estimate of drug-likeness (QED) is 0.213. The fraction of sp³-hybridized carbons (Fsp3) is 0.406. The highest BCUT2D eigenvalue weighted by Crippen LogP contribution is 2.29. The molecule has 0 saturated carbocycles. The van der Waals surface area contributed by atoms with Gasteiger partial charge in [-0.25, -0.2) is 14.4 Å². The standard InChI is InChI=1S/C32H34FN11O3/c1-20-38-31(47-41-20)29(35)44-9-8-28(26(33)16-44)46-27-7-2-21(14-22(27)15-34)30-36-19-37-32(40-30)39-23-3-5-24(6-4-23)42-10-12-43(13-11-42)25-17-45-18-25/h2-7,14,19,25-26,28,35H,8-13,16-18H2,1H3,(H,36,37,39,40)/t26-,28+/m1/s1. The molecular weight excluding hydrogens is 605 g/mol. The van der Waals surface area contributed by atoms with Gasteiger partial charge in [-0.1, -0.05) is 5.16 Å². The molecule has 0 bridgehead atoms. The van der Waals surface area contributed by atoms with Gasteiger partial charge in [0, 0.05) is 56.1 Å². The first-order valence-electron chi connectivity index (χ1n) is 15.6. The van der Waals surface area contributed by atoms with Crippen LogP contribution >= 0.6 is 0 Å². The molecule has 47 heavy (non-hydrogen) atoms. The molecular formula is C32H34FN11O3. The normalized spacial score (nSPS) is 20.4. The first kappa shape index (κ1) is 30.5. The second-order valence-corrected chi connectivity index (χ2v) is 11.7. The largest absolute Gasteiger partial charge is 0.486 e. The predicted molar refractivity (Wildman–Crippen MR) is 169 cm³/mol. The summed E-state index contributed by atoms with van der Waals surface area (Å²) >= 11 is 0. The smallest absolute Gasteiger partial charge is 0.292 e. The fourth-order valence-electron chi connectivity index (χ4n) is 5.93. The molecule has 4 aromatic rings. The number of aryl methyl sites for hydroxylation is 1. The number of alkyl halides is 1. The number of amidine groups is 1. The minimum absolute atomic E-state index is 0.0264. The lowest BCUT2D eigenvalue weighted by atomic mass is 10.0. The third-order valence-corrected chi connectivity index (χ3v) is 8.68. The Hall–Kier alpha value is -5.20. The van der Waals surface area contributed by atoms with E-state index in [1.54, 1.807) is 30.0 Å². The van der Waals surface area contributed by atoms with Crippen molar-refractivity contribution in [2.75, 3.05) is 62.7 Å². The van der Waals surface area contributed by atoms with Crippen LogP contribution in [-0.2, 0) is 4.74 Å². The van der Waals surface area contributed by atoms with Crippen molar-refractivity contribution in [1.29, 1.82) is 10.7 Å². The van der Waals surface area contributed by atoms with Crippen molar-refractivity contribution in [1.82, 2.24) is 34.9 Å². The van der Waals surface area contributed by atoms with Crippen molar-refractivity contribution in [3.63, 3.8) is 0 Å². The Labute approximate surface area is 270 Å². The van der Waals surface area contributed by atoms with E-state index in [1.165, 1.54) is 12.0 Å². The second-order valence-electron chi connectivity index (χ2n) is 11.7. The van der Waals surface area contributed by atoms with Gasteiger partial charge in [0.2, 0.25) is 5.95 Å². The number of likely N-dealkylation sites (tertiary alicyclic amines) is 1. The summed E-state index contributed by atoms with van der Waals surface area (Å²) in [5.41, 5.74) is 2.84. The molecule has 5 heterocycles. The van der Waals surface area contributed by atoms with Gasteiger partial charge in [0.1, 0.15) is 24.3 Å². The van der Waals surface area contributed by atoms with Gasteiger partial charge >= 0.3 is 0 Å². The Kier molecular flexibility index (Phi) is 8.60. The number of halogens is 1. The van der Waals surface area contributed by atoms with Gasteiger partial charge in [-0.3, -0.25) is 10.3 Å². The molecule has 2 N–H and O–H groups in total. The molecule has 242 valence electrons. The van der Waals surface area contributed by atoms with E-state index in [1.807, 2.05) is 12.1 Å². The van der Waals surface area contributed by atoms with Gasteiger partial charge in [-0.05, 0) is 49.4 Å². The Balaban J connectivity index is 0.965.